The average molecular weight is 1320 g/mol. The Morgan fingerprint density at radius 2 is 0.857 bits per heavy atom. The third-order valence-electron chi connectivity index (χ3n) is 7.68. The Bertz CT molecular complexity index is 2610. The van der Waals surface area contributed by atoms with Gasteiger partial charge in [-0.05, 0) is 35.4 Å². The molecule has 2 heterocycles. The van der Waals surface area contributed by atoms with Gasteiger partial charge >= 0.3 is 139 Å². The number of benzene rings is 4. The fraction of sp³-hybridized carbons (Fsp3) is 0.0256. The Morgan fingerprint density at radius 1 is 0.543 bits per heavy atom. The molecule has 0 radical (unpaired) electrons. The van der Waals surface area contributed by atoms with Gasteiger partial charge in [-0.25, -0.2) is 4.79 Å². The van der Waals surface area contributed by atoms with E-state index in [4.69, 9.17) is 30.6 Å². The first-order valence-electron chi connectivity index (χ1n) is 17.7. The summed E-state index contributed by atoms with van der Waals surface area (Å²) in [5.74, 6) is -0.430. The van der Waals surface area contributed by atoms with Crippen LogP contribution in [0.2, 0.25) is 0 Å². The summed E-state index contributed by atoms with van der Waals surface area (Å²) in [7, 11) is -21.3. The third kappa shape index (κ3) is 24.4. The first kappa shape index (κ1) is 64.5. The van der Waals surface area contributed by atoms with Gasteiger partial charge in [0.1, 0.15) is 34.3 Å². The number of aromatic hydroxyl groups is 1. The molecule has 2 aliphatic rings. The maximum absolute atomic E-state index is 10.9. The number of fused-ring (bicyclic) bond motifs is 6. The van der Waals surface area contributed by atoms with Crippen molar-refractivity contribution in [2.24, 2.45) is 15.5 Å². The van der Waals surface area contributed by atoms with Gasteiger partial charge in [0.15, 0.2) is 0 Å². The van der Waals surface area contributed by atoms with Crippen LogP contribution in [0.5, 0.6) is 5.75 Å². The van der Waals surface area contributed by atoms with Gasteiger partial charge in [0.25, 0.3) is 0 Å². The average Bonchev–Trinajstić information content (AvgIpc) is 3.72. The van der Waals surface area contributed by atoms with Crippen LogP contribution in [0.15, 0.2) is 155 Å². The van der Waals surface area contributed by atoms with Crippen LogP contribution in [0.25, 0.3) is 22.3 Å². The number of carbonyl (C=O) groups excluding carboxylic acids is 1. The monoisotopic (exact) mass is 1320 g/mol. The van der Waals surface area contributed by atoms with Crippen LogP contribution in [0.4, 0.5) is 50.4 Å². The van der Waals surface area contributed by atoms with E-state index < -0.39 is 26.7 Å². The second kappa shape index (κ2) is 24.1. The summed E-state index contributed by atoms with van der Waals surface area (Å²) >= 11 is 0. The van der Waals surface area contributed by atoms with Crippen molar-refractivity contribution in [1.82, 2.24) is 9.97 Å². The number of carbonyl (C=O) groups is 1. The smallest absolute Gasteiger partial charge is 0.410 e. The molecule has 0 amide bonds. The number of phenols is 1. The Balaban J connectivity index is 0.000000860. The van der Waals surface area contributed by atoms with Gasteiger partial charge in [0, 0.05) is 52.7 Å². The van der Waals surface area contributed by atoms with Crippen molar-refractivity contribution in [2.75, 3.05) is 0 Å². The molecule has 0 saturated heterocycles. The van der Waals surface area contributed by atoms with Crippen LogP contribution in [-0.2, 0) is 76.8 Å². The predicted octanol–water partition coefficient (Wildman–Crippen LogP) is 13.8. The molecule has 390 valence electrons. The van der Waals surface area contributed by atoms with E-state index in [9.17, 15) is 60.3 Å². The van der Waals surface area contributed by atoms with Crippen LogP contribution in [0, 0.1) is 15.3 Å². The molecule has 0 aliphatic heterocycles. The number of hydrogen-bond donors (Lipinski definition) is 3. The third-order valence-corrected chi connectivity index (χ3v) is 7.68. The fourth-order valence-electron chi connectivity index (χ4n) is 5.57. The van der Waals surface area contributed by atoms with Gasteiger partial charge in [-0.1, -0.05) is 119 Å². The van der Waals surface area contributed by atoms with E-state index in [1.165, 1.54) is 6.92 Å². The number of rotatable bonds is 3. The number of aromatic nitrogens is 2. The number of hydrogen-bond acceptors (Lipinski definition) is 13. The van der Waals surface area contributed by atoms with Crippen molar-refractivity contribution in [3.8, 4) is 28.0 Å². The van der Waals surface area contributed by atoms with Gasteiger partial charge in [0.05, 0.1) is 5.09 Å². The molecule has 2 aromatic heterocycles. The Hall–Kier alpha value is -5.50. The number of pyridine rings is 2. The number of nitrogens with zero attached hydrogens (tertiary/aromatic N) is 6. The van der Waals surface area contributed by atoms with E-state index in [1.807, 2.05) is 103 Å². The summed E-state index contributed by atoms with van der Waals surface area (Å²) < 4.78 is 118. The van der Waals surface area contributed by atoms with Crippen molar-refractivity contribution < 1.29 is 148 Å². The molecule has 8 rings (SSSR count). The van der Waals surface area contributed by atoms with Crippen molar-refractivity contribution in [1.29, 1.82) is 0 Å². The molecular weight excluding hydrogens is 1290 g/mol. The first-order chi connectivity index (χ1) is 30.6. The molecule has 0 unspecified atom stereocenters. The largest absolute Gasteiger partial charge is 1.00 e. The van der Waals surface area contributed by atoms with Gasteiger partial charge in [-0.15, -0.1) is 0 Å². The molecule has 3 N–H and O–H groups in total. The quantitative estimate of drug-likeness (QED) is 0.0222. The Labute approximate surface area is 432 Å². The summed E-state index contributed by atoms with van der Waals surface area (Å²) in [5.41, 5.74) is 10.4. The number of oxime groups is 3. The van der Waals surface area contributed by atoms with Gasteiger partial charge in [-0.3, -0.25) is 9.97 Å². The predicted molar refractivity (Wildman–Crippen MR) is 224 cm³/mol. The zero-order chi connectivity index (χ0) is 50.6. The molecule has 0 spiro atoms. The van der Waals surface area contributed by atoms with E-state index in [1.54, 1.807) is 36.7 Å². The van der Waals surface area contributed by atoms with E-state index >= 15 is 0 Å². The summed E-state index contributed by atoms with van der Waals surface area (Å²) in [4.78, 5) is 32.3. The molecule has 31 heteroatoms. The molecule has 2 aliphatic carbocycles. The van der Waals surface area contributed by atoms with Gasteiger partial charge in [-0.2, -0.15) is 0 Å². The zero-order valence-corrected chi connectivity index (χ0v) is 40.4. The second-order valence-electron chi connectivity index (χ2n) is 12.8. The number of halogens is 12. The van der Waals surface area contributed by atoms with Crippen LogP contribution >= 0.6 is 15.6 Å². The maximum atomic E-state index is 10.9. The standard InChI is InChI=1S/C15H13NO3.2C12H8N2O.3Ag.2F6P.NO3/c1-11(17)19-16-15(12-7-3-2-4-8-12)13-9-5-6-10-14(13)18;2*15-14-12-10-5-2-1-4-8(10)9-6-3-7-13-11(9)12;;;;2*1-7(2,3,4,5)6;2-1(3)4/h2-10,18H,1H3;2*1-7,15H;;;;;;/q;;;3*+1;3*-1. The minimum atomic E-state index is -10.7. The van der Waals surface area contributed by atoms with Crippen LogP contribution < -0.4 is 0 Å². The minimum absolute atomic E-state index is 0. The summed E-state index contributed by atoms with van der Waals surface area (Å²) in [6.45, 7) is 1.27. The molecular formula is C39H29Ag3F12N6O8P2. The van der Waals surface area contributed by atoms with Gasteiger partial charge < -0.3 is 35.7 Å². The van der Waals surface area contributed by atoms with Crippen molar-refractivity contribution in [2.45, 2.75) is 6.92 Å². The number of para-hydroxylation sites is 1. The maximum Gasteiger partial charge on any atom is 1.00 e. The molecule has 6 aromatic rings. The molecule has 0 fully saturated rings. The van der Waals surface area contributed by atoms with E-state index in [2.05, 4.69) is 25.4 Å². The minimum Gasteiger partial charge on any atom is -0.410 e. The summed E-state index contributed by atoms with van der Waals surface area (Å²) in [6.07, 6.45) is 3.41. The van der Waals surface area contributed by atoms with Crippen LogP contribution in [0.3, 0.4) is 0 Å². The molecule has 14 nitrogen and oxygen atoms in total. The number of phenolic OH excluding ortho intramolecular Hbond substituents is 1. The Morgan fingerprint density at radius 3 is 1.20 bits per heavy atom. The molecule has 0 bridgehead atoms. The van der Waals surface area contributed by atoms with E-state index in [-0.39, 0.29) is 72.9 Å². The van der Waals surface area contributed by atoms with Gasteiger partial charge in [0.2, 0.25) is 0 Å². The summed E-state index contributed by atoms with van der Waals surface area (Å²) in [6, 6.07) is 39.4. The molecule has 4 aromatic carbocycles. The zero-order valence-electron chi connectivity index (χ0n) is 34.2. The Kier molecular flexibility index (Phi) is 22.2. The van der Waals surface area contributed by atoms with E-state index in [0.29, 0.717) is 22.7 Å². The molecule has 70 heavy (non-hydrogen) atoms. The first-order valence-corrected chi connectivity index (χ1v) is 21.8. The molecule has 0 atom stereocenters. The van der Waals surface area contributed by atoms with Crippen molar-refractivity contribution in [3.63, 3.8) is 0 Å². The summed E-state index contributed by atoms with van der Waals surface area (Å²) in [5, 5.41) is 53.1. The van der Waals surface area contributed by atoms with Crippen molar-refractivity contribution in [3.05, 3.63) is 189 Å². The second-order valence-corrected chi connectivity index (χ2v) is 16.7. The van der Waals surface area contributed by atoms with Crippen LogP contribution in [0.1, 0.15) is 40.6 Å². The fourth-order valence-corrected chi connectivity index (χ4v) is 5.57. The normalized spacial score (nSPS) is 14.4. The van der Waals surface area contributed by atoms with E-state index in [0.717, 1.165) is 50.3 Å². The molecule has 0 saturated carbocycles. The van der Waals surface area contributed by atoms with Crippen molar-refractivity contribution >= 4 is 38.7 Å². The van der Waals surface area contributed by atoms with Crippen LogP contribution in [-0.4, -0.2) is 53.7 Å². The SMILES string of the molecule is CC(=O)ON=C(c1ccccc1)c1ccccc1O.F[P-](F)(F)(F)(F)F.F[P-](F)(F)(F)(F)F.O=[N+]([O-])[O-].ON=C1c2ccccc2-c2cccnc21.ON=C1c2ccccc2-c2cccnc21.[Ag+].[Ag+].[Ag+]. The topological polar surface area (TPSA) is 216 Å².